The van der Waals surface area contributed by atoms with Gasteiger partial charge in [0.2, 0.25) is 0 Å². The number of halogens is 1. The van der Waals surface area contributed by atoms with Crippen LogP contribution in [0.5, 0.6) is 0 Å². The van der Waals surface area contributed by atoms with Crippen molar-refractivity contribution in [1.29, 1.82) is 0 Å². The number of benzene rings is 2. The summed E-state index contributed by atoms with van der Waals surface area (Å²) in [4.78, 5) is 20.1. The summed E-state index contributed by atoms with van der Waals surface area (Å²) >= 11 is 0. The Hall–Kier alpha value is -3.20. The van der Waals surface area contributed by atoms with Crippen molar-refractivity contribution in [2.75, 3.05) is 12.4 Å². The number of carbonyl (C=O) groups excluding carboxylic acids is 1. The fourth-order valence-corrected chi connectivity index (χ4v) is 2.33. The van der Waals surface area contributed by atoms with Gasteiger partial charge in [0.15, 0.2) is 0 Å². The van der Waals surface area contributed by atoms with Crippen LogP contribution in [0.15, 0.2) is 42.5 Å². The molecule has 0 atom stereocenters. The van der Waals surface area contributed by atoms with Gasteiger partial charge in [-0.3, -0.25) is 4.79 Å². The molecule has 0 saturated carbocycles. The Morgan fingerprint density at radius 1 is 1.30 bits per heavy atom. The number of rotatable bonds is 4. The summed E-state index contributed by atoms with van der Waals surface area (Å²) in [6.45, 7) is 0.405. The number of aromatic nitrogens is 2. The second-order valence-corrected chi connectivity index (χ2v) is 4.94. The third-order valence-corrected chi connectivity index (χ3v) is 3.44. The zero-order valence-corrected chi connectivity index (χ0v) is 12.4. The van der Waals surface area contributed by atoms with Crippen molar-refractivity contribution in [2.24, 2.45) is 0 Å². The van der Waals surface area contributed by atoms with E-state index in [1.807, 2.05) is 12.1 Å². The molecule has 2 aromatic carbocycles. The van der Waals surface area contributed by atoms with Crippen molar-refractivity contribution in [3.05, 3.63) is 65.7 Å². The molecule has 23 heavy (non-hydrogen) atoms. The van der Waals surface area contributed by atoms with E-state index in [1.54, 1.807) is 25.2 Å². The Kier molecular flexibility index (Phi) is 4.02. The smallest absolute Gasteiger partial charge is 0.355 e. The molecule has 0 radical (unpaired) electrons. The minimum absolute atomic E-state index is 0.223. The molecule has 3 rings (SSSR count). The minimum Gasteiger partial charge on any atom is -0.355 e. The number of para-hydroxylation sites is 1. The Balaban J connectivity index is 1.94. The molecule has 0 fully saturated rings. The van der Waals surface area contributed by atoms with E-state index >= 15 is 0 Å². The molecule has 0 saturated heterocycles. The van der Waals surface area contributed by atoms with E-state index in [4.69, 9.17) is 0 Å². The zero-order chi connectivity index (χ0) is 16.2. The van der Waals surface area contributed by atoms with Gasteiger partial charge in [0.05, 0.1) is 0 Å². The first kappa shape index (κ1) is 14.7. The first-order valence-electron chi connectivity index (χ1n) is 7.06. The van der Waals surface area contributed by atoms with Gasteiger partial charge in [-0.2, -0.15) is 4.98 Å². The van der Waals surface area contributed by atoms with Crippen molar-refractivity contribution in [2.45, 2.75) is 6.54 Å². The highest BCUT2D eigenvalue weighted by Crippen LogP contribution is 2.20. The van der Waals surface area contributed by atoms with Crippen molar-refractivity contribution < 1.29 is 14.2 Å². The van der Waals surface area contributed by atoms with Gasteiger partial charge in [-0.1, -0.05) is 18.2 Å². The summed E-state index contributed by atoms with van der Waals surface area (Å²) in [7, 11) is 1.56. The van der Waals surface area contributed by atoms with Gasteiger partial charge in [-0.25, -0.2) is 4.39 Å². The van der Waals surface area contributed by atoms with E-state index in [1.165, 1.54) is 12.1 Å². The zero-order valence-electron chi connectivity index (χ0n) is 12.4. The first-order chi connectivity index (χ1) is 11.2. The van der Waals surface area contributed by atoms with Crippen LogP contribution in [0.1, 0.15) is 15.9 Å². The molecule has 2 N–H and O–H groups in total. The Bertz CT molecular complexity index is 866. The maximum atomic E-state index is 13.2. The average Bonchev–Trinajstić information content (AvgIpc) is 2.58. The highest BCUT2D eigenvalue weighted by Gasteiger charge is 2.18. The summed E-state index contributed by atoms with van der Waals surface area (Å²) in [5.74, 6) is 0.0362. The molecule has 5 nitrogen and oxygen atoms in total. The predicted octanol–water partition coefficient (Wildman–Crippen LogP) is 1.75. The number of nitrogens with one attached hydrogen (secondary N) is 2. The number of anilines is 1. The molecule has 6 heteroatoms. The summed E-state index contributed by atoms with van der Waals surface area (Å²) in [5.41, 5.74) is 1.76. The summed E-state index contributed by atoms with van der Waals surface area (Å²) in [6.07, 6.45) is 2.55. The second kappa shape index (κ2) is 6.28. The molecule has 0 aliphatic rings. The summed E-state index contributed by atoms with van der Waals surface area (Å²) in [6, 6.07) is 11.6. The van der Waals surface area contributed by atoms with E-state index in [2.05, 4.69) is 26.9 Å². The van der Waals surface area contributed by atoms with Crippen LogP contribution in [0.2, 0.25) is 0 Å². The van der Waals surface area contributed by atoms with Crippen LogP contribution in [0, 0.1) is 12.1 Å². The van der Waals surface area contributed by atoms with Crippen molar-refractivity contribution in [1.82, 2.24) is 10.3 Å². The first-order valence-corrected chi connectivity index (χ1v) is 7.06. The molecule has 114 valence electrons. The lowest BCUT2D eigenvalue weighted by molar-refractivity contribution is -0.261. The Morgan fingerprint density at radius 3 is 2.91 bits per heavy atom. The molecule has 1 heterocycles. The van der Waals surface area contributed by atoms with Crippen LogP contribution in [-0.4, -0.2) is 17.9 Å². The van der Waals surface area contributed by atoms with Gasteiger partial charge < -0.3 is 10.6 Å². The van der Waals surface area contributed by atoms with E-state index in [0.29, 0.717) is 28.8 Å². The van der Waals surface area contributed by atoms with Gasteiger partial charge in [0, 0.05) is 18.6 Å². The third kappa shape index (κ3) is 3.04. The number of amides is 1. The van der Waals surface area contributed by atoms with Crippen molar-refractivity contribution in [3.63, 3.8) is 0 Å². The van der Waals surface area contributed by atoms with Crippen molar-refractivity contribution >= 4 is 22.6 Å². The Morgan fingerprint density at radius 2 is 2.13 bits per heavy atom. The molecule has 1 amide bonds. The van der Waals surface area contributed by atoms with Crippen LogP contribution in [0.3, 0.4) is 0 Å². The number of hydrogen-bond donors (Lipinski definition) is 2. The van der Waals surface area contributed by atoms with E-state index < -0.39 is 0 Å². The molecule has 0 unspecified atom stereocenters. The fourth-order valence-electron chi connectivity index (χ4n) is 2.33. The minimum atomic E-state index is -0.287. The monoisotopic (exact) mass is 309 g/mol. The molecule has 1 aromatic heterocycles. The Labute approximate surface area is 132 Å². The van der Waals surface area contributed by atoms with Crippen LogP contribution >= 0.6 is 0 Å². The van der Waals surface area contributed by atoms with Gasteiger partial charge in [-0.15, -0.1) is 0 Å². The van der Waals surface area contributed by atoms with Crippen LogP contribution < -0.4 is 15.6 Å². The average molecular weight is 309 g/mol. The van der Waals surface area contributed by atoms with Gasteiger partial charge in [-0.05, 0) is 29.8 Å². The highest BCUT2D eigenvalue weighted by atomic mass is 19.1. The molecular formula is C17H14FN4O+. The third-order valence-electron chi connectivity index (χ3n) is 3.44. The molecule has 3 aromatic rings. The summed E-state index contributed by atoms with van der Waals surface area (Å²) in [5, 5.41) is 6.43. The largest absolute Gasteiger partial charge is 0.431 e. The number of nitrogens with zero attached hydrogens (tertiary/aromatic N) is 2. The molecule has 0 aliphatic carbocycles. The summed E-state index contributed by atoms with van der Waals surface area (Å²) < 4.78 is 13.2. The second-order valence-electron chi connectivity index (χ2n) is 4.94. The predicted molar refractivity (Wildman–Crippen MR) is 83.3 cm³/mol. The SMILES string of the molecule is CNC(=O)c1cccc2c(NCc3cccc(F)c3)nc#[n+]c12. The lowest BCUT2D eigenvalue weighted by Crippen LogP contribution is -2.20. The molecule has 0 spiro atoms. The van der Waals surface area contributed by atoms with E-state index in [0.717, 1.165) is 5.56 Å². The maximum absolute atomic E-state index is 13.2. The quantitative estimate of drug-likeness (QED) is 0.770. The maximum Gasteiger partial charge on any atom is 0.431 e. The van der Waals surface area contributed by atoms with Crippen LogP contribution in [0.4, 0.5) is 10.2 Å². The van der Waals surface area contributed by atoms with Gasteiger partial charge in [0.25, 0.3) is 17.2 Å². The molecule has 0 aliphatic heterocycles. The lowest BCUT2D eigenvalue weighted by atomic mass is 10.1. The van der Waals surface area contributed by atoms with Crippen LogP contribution in [-0.2, 0) is 6.54 Å². The molecular weight excluding hydrogens is 295 g/mol. The topological polar surface area (TPSA) is 68.1 Å². The standard InChI is InChI=1S/C17H13FN4O/c1-19-17(23)14-7-3-6-13-15(14)21-10-22-16(13)20-9-11-4-2-5-12(18)8-11/h2-8H,9H2,1H3,(H,19,23)/p+1. The lowest BCUT2D eigenvalue weighted by Gasteiger charge is -2.04. The van der Waals surface area contributed by atoms with Crippen LogP contribution in [0.25, 0.3) is 10.9 Å². The van der Waals surface area contributed by atoms with E-state index in [-0.39, 0.29) is 11.7 Å². The number of fused-ring (bicyclic) bond motifs is 1. The van der Waals surface area contributed by atoms with Gasteiger partial charge in [0.1, 0.15) is 16.8 Å². The van der Waals surface area contributed by atoms with Gasteiger partial charge >= 0.3 is 6.33 Å². The highest BCUT2D eigenvalue weighted by molar-refractivity contribution is 6.06. The molecule has 0 bridgehead atoms. The normalized spacial score (nSPS) is 10.2. The van der Waals surface area contributed by atoms with Crippen molar-refractivity contribution in [3.8, 4) is 0 Å². The number of hydrogen-bond acceptors (Lipinski definition) is 3. The fraction of sp³-hybridized carbons (Fsp3) is 0.118. The van der Waals surface area contributed by atoms with E-state index in [9.17, 15) is 9.18 Å². The number of carbonyl (C=O) groups is 1.